The predicted octanol–water partition coefficient (Wildman–Crippen LogP) is 0.920. The molecule has 5 heteroatoms. The fourth-order valence-corrected chi connectivity index (χ4v) is 1.15. The van der Waals surface area contributed by atoms with Crippen LogP contribution in [0.3, 0.4) is 0 Å². The molecule has 0 heterocycles. The van der Waals surface area contributed by atoms with E-state index >= 15 is 0 Å². The number of thiol groups is 2. The molecule has 2 atom stereocenters. The Morgan fingerprint density at radius 2 is 1.75 bits per heavy atom. The normalized spacial score (nSPS) is 15.0. The Labute approximate surface area is 82.8 Å². The minimum absolute atomic E-state index is 0.473. The summed E-state index contributed by atoms with van der Waals surface area (Å²) in [4.78, 5) is 10.5. The van der Waals surface area contributed by atoms with Gasteiger partial charge in [0.1, 0.15) is 5.25 Å². The van der Waals surface area contributed by atoms with Crippen molar-refractivity contribution < 1.29 is 9.90 Å². The Morgan fingerprint density at radius 1 is 1.33 bits per heavy atom. The van der Waals surface area contributed by atoms with Crippen molar-refractivity contribution in [2.75, 3.05) is 0 Å². The number of rotatable bonds is 3. The van der Waals surface area contributed by atoms with Gasteiger partial charge in [-0.1, -0.05) is 5.57 Å². The van der Waals surface area contributed by atoms with Gasteiger partial charge in [-0.25, -0.2) is 0 Å². The minimum Gasteiger partial charge on any atom is -0.480 e. The molecule has 0 spiro atoms. The Bertz CT molecular complexity index is 211. The maximum atomic E-state index is 10.5. The van der Waals surface area contributed by atoms with E-state index in [4.69, 9.17) is 10.8 Å². The smallest absolute Gasteiger partial charge is 0.317 e. The number of carbonyl (C=O) groups is 1. The van der Waals surface area contributed by atoms with E-state index < -0.39 is 16.5 Å². The van der Waals surface area contributed by atoms with Crippen LogP contribution >= 0.6 is 25.3 Å². The number of aliphatic carboxylic acids is 1. The van der Waals surface area contributed by atoms with Gasteiger partial charge in [0.2, 0.25) is 0 Å². The van der Waals surface area contributed by atoms with Crippen molar-refractivity contribution in [3.8, 4) is 0 Å². The van der Waals surface area contributed by atoms with E-state index in [9.17, 15) is 4.79 Å². The fourth-order valence-electron chi connectivity index (χ4n) is 0.601. The van der Waals surface area contributed by atoms with Gasteiger partial charge in [-0.05, 0) is 13.8 Å². The van der Waals surface area contributed by atoms with Crippen LogP contribution in [-0.2, 0) is 4.79 Å². The van der Waals surface area contributed by atoms with Crippen molar-refractivity contribution in [3.05, 3.63) is 11.3 Å². The summed E-state index contributed by atoms with van der Waals surface area (Å²) in [6.45, 7) is 3.61. The zero-order valence-electron chi connectivity index (χ0n) is 6.98. The van der Waals surface area contributed by atoms with E-state index in [0.29, 0.717) is 5.70 Å². The molecule has 0 amide bonds. The fraction of sp³-hybridized carbons (Fsp3) is 0.571. The van der Waals surface area contributed by atoms with Gasteiger partial charge in [0, 0.05) is 5.70 Å². The first kappa shape index (κ1) is 11.7. The predicted molar refractivity (Wildman–Crippen MR) is 55.7 cm³/mol. The molecule has 0 rings (SSSR count). The van der Waals surface area contributed by atoms with Crippen LogP contribution < -0.4 is 5.73 Å². The van der Waals surface area contributed by atoms with Gasteiger partial charge in [-0.15, -0.1) is 0 Å². The third kappa shape index (κ3) is 2.98. The van der Waals surface area contributed by atoms with Crippen molar-refractivity contribution in [2.45, 2.75) is 24.3 Å². The molecule has 3 nitrogen and oxygen atoms in total. The summed E-state index contributed by atoms with van der Waals surface area (Å²) in [5, 5.41) is 7.19. The molecule has 0 aromatic carbocycles. The van der Waals surface area contributed by atoms with E-state index in [-0.39, 0.29) is 0 Å². The average Bonchev–Trinajstić information content (AvgIpc) is 2.00. The number of allylic oxidation sites excluding steroid dienone is 1. The number of carboxylic acids is 1. The highest BCUT2D eigenvalue weighted by molar-refractivity contribution is 7.86. The number of hydrogen-bond acceptors (Lipinski definition) is 4. The molecule has 0 saturated carbocycles. The van der Waals surface area contributed by atoms with Crippen LogP contribution in [0.15, 0.2) is 11.3 Å². The lowest BCUT2D eigenvalue weighted by atomic mass is 10.1. The molecule has 0 fully saturated rings. The average molecular weight is 207 g/mol. The zero-order chi connectivity index (χ0) is 9.89. The Balaban J connectivity index is 4.50. The summed E-state index contributed by atoms with van der Waals surface area (Å²) in [6, 6.07) is 0. The Morgan fingerprint density at radius 3 is 2.00 bits per heavy atom. The van der Waals surface area contributed by atoms with Crippen LogP contribution in [0.5, 0.6) is 0 Å². The molecule has 0 bridgehead atoms. The lowest BCUT2D eigenvalue weighted by Gasteiger charge is -2.16. The first-order valence-electron chi connectivity index (χ1n) is 3.39. The number of nitrogens with two attached hydrogens (primary N) is 1. The van der Waals surface area contributed by atoms with Crippen molar-refractivity contribution in [1.29, 1.82) is 0 Å². The molecule has 70 valence electrons. The first-order chi connectivity index (χ1) is 5.37. The topological polar surface area (TPSA) is 63.3 Å². The van der Waals surface area contributed by atoms with E-state index in [2.05, 4.69) is 25.3 Å². The first-order valence-corrected chi connectivity index (χ1v) is 4.43. The van der Waals surface area contributed by atoms with Crippen LogP contribution in [0.4, 0.5) is 0 Å². The maximum absolute atomic E-state index is 10.5. The summed E-state index contributed by atoms with van der Waals surface area (Å²) < 4.78 is 0. The molecule has 0 aliphatic heterocycles. The maximum Gasteiger partial charge on any atom is 0.317 e. The van der Waals surface area contributed by atoms with Gasteiger partial charge in [-0.3, -0.25) is 4.79 Å². The monoisotopic (exact) mass is 207 g/mol. The highest BCUT2D eigenvalue weighted by Crippen LogP contribution is 2.17. The molecule has 0 radical (unpaired) electrons. The molecular weight excluding hydrogens is 194 g/mol. The van der Waals surface area contributed by atoms with Crippen LogP contribution in [0.1, 0.15) is 13.8 Å². The summed E-state index contributed by atoms with van der Waals surface area (Å²) in [5.41, 5.74) is 6.93. The van der Waals surface area contributed by atoms with Crippen LogP contribution in [0.2, 0.25) is 0 Å². The van der Waals surface area contributed by atoms with Crippen LogP contribution in [-0.4, -0.2) is 21.6 Å². The van der Waals surface area contributed by atoms with E-state index in [1.165, 1.54) is 0 Å². The molecule has 0 aromatic heterocycles. The van der Waals surface area contributed by atoms with Crippen molar-refractivity contribution >= 4 is 31.2 Å². The lowest BCUT2D eigenvalue weighted by molar-refractivity contribution is -0.136. The second kappa shape index (κ2) is 4.67. The van der Waals surface area contributed by atoms with Crippen molar-refractivity contribution in [3.63, 3.8) is 0 Å². The third-order valence-corrected chi connectivity index (χ3v) is 2.78. The van der Waals surface area contributed by atoms with Crippen molar-refractivity contribution in [1.82, 2.24) is 0 Å². The Hall–Kier alpha value is -0.290. The van der Waals surface area contributed by atoms with Gasteiger partial charge in [0.25, 0.3) is 0 Å². The van der Waals surface area contributed by atoms with Crippen LogP contribution in [0, 0.1) is 0 Å². The molecule has 3 N–H and O–H groups in total. The highest BCUT2D eigenvalue weighted by Gasteiger charge is 2.23. The molecular formula is C7H13NO2S2. The van der Waals surface area contributed by atoms with E-state index in [0.717, 1.165) is 5.57 Å². The Kier molecular flexibility index (Phi) is 4.55. The second-order valence-electron chi connectivity index (χ2n) is 2.68. The van der Waals surface area contributed by atoms with E-state index in [1.54, 1.807) is 13.8 Å². The van der Waals surface area contributed by atoms with Gasteiger partial charge < -0.3 is 10.8 Å². The van der Waals surface area contributed by atoms with Gasteiger partial charge in [-0.2, -0.15) is 25.3 Å². The molecule has 2 unspecified atom stereocenters. The zero-order valence-corrected chi connectivity index (χ0v) is 8.77. The van der Waals surface area contributed by atoms with Gasteiger partial charge >= 0.3 is 5.97 Å². The minimum atomic E-state index is -1.01. The SMILES string of the molecule is CC(C)=C(N)C(S)C(S)C(=O)O. The summed E-state index contributed by atoms with van der Waals surface area (Å²) >= 11 is 7.92. The summed E-state index contributed by atoms with van der Waals surface area (Å²) in [5.74, 6) is -1.01. The van der Waals surface area contributed by atoms with Crippen LogP contribution in [0.25, 0.3) is 0 Å². The molecule has 0 aliphatic carbocycles. The molecule has 0 aromatic rings. The molecule has 12 heavy (non-hydrogen) atoms. The summed E-state index contributed by atoms with van der Waals surface area (Å²) in [7, 11) is 0. The second-order valence-corrected chi connectivity index (χ2v) is 3.80. The standard InChI is InChI=1S/C7H13NO2S2/c1-3(2)4(8)5(11)6(12)7(9)10/h5-6,11-12H,8H2,1-2H3,(H,9,10). The van der Waals surface area contributed by atoms with Crippen molar-refractivity contribution in [2.24, 2.45) is 5.73 Å². The molecule has 0 saturated heterocycles. The summed E-state index contributed by atoms with van der Waals surface area (Å²) in [6.07, 6.45) is 0. The molecule has 0 aliphatic rings. The van der Waals surface area contributed by atoms with Gasteiger partial charge in [0.15, 0.2) is 0 Å². The third-order valence-electron chi connectivity index (χ3n) is 1.45. The number of hydrogen-bond donors (Lipinski definition) is 4. The van der Waals surface area contributed by atoms with E-state index in [1.807, 2.05) is 0 Å². The number of carboxylic acid groups (broad SMARTS) is 1. The van der Waals surface area contributed by atoms with Gasteiger partial charge in [0.05, 0.1) is 5.25 Å². The lowest BCUT2D eigenvalue weighted by Crippen LogP contribution is -2.30. The largest absolute Gasteiger partial charge is 0.480 e. The highest BCUT2D eigenvalue weighted by atomic mass is 32.1. The quantitative estimate of drug-likeness (QED) is 0.520.